The highest BCUT2D eigenvalue weighted by Crippen LogP contribution is 2.37. The summed E-state index contributed by atoms with van der Waals surface area (Å²) in [5.74, 6) is -0.0755. The fourth-order valence-corrected chi connectivity index (χ4v) is 3.08. The van der Waals surface area contributed by atoms with E-state index in [4.69, 9.17) is 9.47 Å². The summed E-state index contributed by atoms with van der Waals surface area (Å²) < 4.78 is 11.1. The van der Waals surface area contributed by atoms with Crippen molar-refractivity contribution in [3.8, 4) is 11.5 Å². The fraction of sp³-hybridized carbons (Fsp3) is 0.0909. The predicted octanol–water partition coefficient (Wildman–Crippen LogP) is 3.85. The minimum Gasteiger partial charge on any atom is -0.486 e. The van der Waals surface area contributed by atoms with Crippen molar-refractivity contribution in [2.75, 3.05) is 18.5 Å². The van der Waals surface area contributed by atoms with Gasteiger partial charge in [-0.15, -0.1) is 0 Å². The third kappa shape index (κ3) is 3.83. The van der Waals surface area contributed by atoms with Gasteiger partial charge < -0.3 is 14.8 Å². The van der Waals surface area contributed by atoms with Crippen molar-refractivity contribution in [1.29, 1.82) is 0 Å². The van der Waals surface area contributed by atoms with Gasteiger partial charge in [0.1, 0.15) is 13.2 Å². The lowest BCUT2D eigenvalue weighted by atomic mass is 10.0. The Morgan fingerprint density at radius 1 is 0.867 bits per heavy atom. The van der Waals surface area contributed by atoms with Crippen LogP contribution in [0.1, 0.15) is 26.3 Å². The molecule has 4 rings (SSSR count). The van der Waals surface area contributed by atoms with E-state index in [0.717, 1.165) is 0 Å². The number of benzene rings is 3. The monoisotopic (exact) mass is 404 g/mol. The van der Waals surface area contributed by atoms with Crippen LogP contribution in [0.4, 0.5) is 11.4 Å². The van der Waals surface area contributed by atoms with E-state index in [9.17, 15) is 19.7 Å². The highest BCUT2D eigenvalue weighted by molar-refractivity contribution is 6.15. The second-order valence-electron chi connectivity index (χ2n) is 6.50. The second-order valence-corrected chi connectivity index (χ2v) is 6.50. The van der Waals surface area contributed by atoms with Gasteiger partial charge in [0.2, 0.25) is 0 Å². The second kappa shape index (κ2) is 8.04. The van der Waals surface area contributed by atoms with Crippen LogP contribution in [0, 0.1) is 10.1 Å². The molecule has 0 aromatic heterocycles. The molecule has 0 radical (unpaired) electrons. The van der Waals surface area contributed by atoms with E-state index in [0.29, 0.717) is 30.3 Å². The zero-order chi connectivity index (χ0) is 21.1. The van der Waals surface area contributed by atoms with Crippen LogP contribution >= 0.6 is 0 Å². The highest BCUT2D eigenvalue weighted by atomic mass is 16.6. The normalized spacial score (nSPS) is 12.1. The number of nitro groups is 1. The van der Waals surface area contributed by atoms with Crippen LogP contribution in [-0.4, -0.2) is 29.8 Å². The largest absolute Gasteiger partial charge is 0.486 e. The molecule has 1 N–H and O–H groups in total. The number of carbonyl (C=O) groups is 2. The number of nitro benzene ring substituents is 1. The summed E-state index contributed by atoms with van der Waals surface area (Å²) in [5, 5.41) is 13.7. The molecular weight excluding hydrogens is 388 g/mol. The van der Waals surface area contributed by atoms with E-state index in [2.05, 4.69) is 5.32 Å². The SMILES string of the molecule is O=C(Nc1cc2c(cc1C(=O)c1ccccc1)OCCO2)c1cccc([N+](=O)[O-])c1. The first kappa shape index (κ1) is 19.1. The molecule has 8 nitrogen and oxygen atoms in total. The average molecular weight is 404 g/mol. The first-order valence-corrected chi connectivity index (χ1v) is 9.12. The quantitative estimate of drug-likeness (QED) is 0.393. The Morgan fingerprint density at radius 3 is 2.23 bits per heavy atom. The molecule has 1 amide bonds. The third-order valence-electron chi connectivity index (χ3n) is 4.53. The number of amides is 1. The molecule has 8 heteroatoms. The number of hydrogen-bond acceptors (Lipinski definition) is 6. The van der Waals surface area contributed by atoms with Crippen molar-refractivity contribution < 1.29 is 24.0 Å². The van der Waals surface area contributed by atoms with Gasteiger partial charge in [-0.2, -0.15) is 0 Å². The van der Waals surface area contributed by atoms with Gasteiger partial charge in [0, 0.05) is 29.3 Å². The van der Waals surface area contributed by atoms with Gasteiger partial charge >= 0.3 is 0 Å². The maximum Gasteiger partial charge on any atom is 0.270 e. The number of anilines is 1. The summed E-state index contributed by atoms with van der Waals surface area (Å²) >= 11 is 0. The third-order valence-corrected chi connectivity index (χ3v) is 4.53. The Bertz CT molecular complexity index is 1140. The van der Waals surface area contributed by atoms with E-state index in [-0.39, 0.29) is 28.3 Å². The molecule has 1 aliphatic heterocycles. The Kier molecular flexibility index (Phi) is 5.13. The number of nitrogens with zero attached hydrogens (tertiary/aromatic N) is 1. The lowest BCUT2D eigenvalue weighted by molar-refractivity contribution is -0.384. The molecule has 1 aliphatic rings. The van der Waals surface area contributed by atoms with Gasteiger partial charge in [-0.05, 0) is 12.1 Å². The van der Waals surface area contributed by atoms with Crippen molar-refractivity contribution in [3.05, 3.63) is 93.5 Å². The predicted molar refractivity (Wildman–Crippen MR) is 108 cm³/mol. The van der Waals surface area contributed by atoms with Crippen LogP contribution in [0.5, 0.6) is 11.5 Å². The average Bonchev–Trinajstić information content (AvgIpc) is 2.78. The van der Waals surface area contributed by atoms with Gasteiger partial charge in [0.25, 0.3) is 11.6 Å². The summed E-state index contributed by atoms with van der Waals surface area (Å²) in [7, 11) is 0. The molecule has 0 saturated heterocycles. The summed E-state index contributed by atoms with van der Waals surface area (Å²) in [6, 6.07) is 17.0. The van der Waals surface area contributed by atoms with Gasteiger partial charge in [0.15, 0.2) is 17.3 Å². The molecular formula is C22H16N2O6. The van der Waals surface area contributed by atoms with E-state index >= 15 is 0 Å². The first-order chi connectivity index (χ1) is 14.5. The van der Waals surface area contributed by atoms with Crippen LogP contribution in [0.2, 0.25) is 0 Å². The lowest BCUT2D eigenvalue weighted by Gasteiger charge is -2.21. The van der Waals surface area contributed by atoms with Crippen molar-refractivity contribution in [1.82, 2.24) is 0 Å². The molecule has 0 unspecified atom stereocenters. The zero-order valence-corrected chi connectivity index (χ0v) is 15.7. The van der Waals surface area contributed by atoms with Gasteiger partial charge in [-0.3, -0.25) is 19.7 Å². The molecule has 150 valence electrons. The van der Waals surface area contributed by atoms with Crippen LogP contribution in [0.25, 0.3) is 0 Å². The smallest absolute Gasteiger partial charge is 0.270 e. The number of fused-ring (bicyclic) bond motifs is 1. The molecule has 0 fully saturated rings. The fourth-order valence-electron chi connectivity index (χ4n) is 3.08. The Labute approximate surface area is 171 Å². The standard InChI is InChI=1S/C22H16N2O6/c25-21(14-5-2-1-3-6-14)17-12-19-20(30-10-9-29-19)13-18(17)23-22(26)15-7-4-8-16(11-15)24(27)28/h1-8,11-13H,9-10H2,(H,23,26). The minimum absolute atomic E-state index is 0.0946. The number of non-ortho nitro benzene ring substituents is 1. The summed E-state index contributed by atoms with van der Waals surface area (Å²) in [6.45, 7) is 0.697. The van der Waals surface area contributed by atoms with Crippen LogP contribution in [0.3, 0.4) is 0 Å². The number of ketones is 1. The van der Waals surface area contributed by atoms with Crippen molar-refractivity contribution in [3.63, 3.8) is 0 Å². The molecule has 0 atom stereocenters. The van der Waals surface area contributed by atoms with E-state index in [1.54, 1.807) is 30.3 Å². The molecule has 3 aromatic carbocycles. The number of rotatable bonds is 5. The molecule has 0 saturated carbocycles. The van der Waals surface area contributed by atoms with E-state index in [1.807, 2.05) is 0 Å². The van der Waals surface area contributed by atoms with E-state index in [1.165, 1.54) is 36.4 Å². The molecule has 30 heavy (non-hydrogen) atoms. The number of nitrogens with one attached hydrogen (secondary N) is 1. The Morgan fingerprint density at radius 2 is 1.53 bits per heavy atom. The Hall–Kier alpha value is -4.20. The van der Waals surface area contributed by atoms with Crippen molar-refractivity contribution in [2.24, 2.45) is 0 Å². The highest BCUT2D eigenvalue weighted by Gasteiger charge is 2.22. The van der Waals surface area contributed by atoms with Gasteiger partial charge in [-0.25, -0.2) is 0 Å². The molecule has 0 bridgehead atoms. The van der Waals surface area contributed by atoms with Crippen LogP contribution in [-0.2, 0) is 0 Å². The van der Waals surface area contributed by atoms with Crippen LogP contribution in [0.15, 0.2) is 66.7 Å². The Balaban J connectivity index is 1.73. The minimum atomic E-state index is -0.586. The summed E-state index contributed by atoms with van der Waals surface area (Å²) in [4.78, 5) is 36.2. The van der Waals surface area contributed by atoms with Gasteiger partial charge in [-0.1, -0.05) is 36.4 Å². The van der Waals surface area contributed by atoms with E-state index < -0.39 is 10.8 Å². The molecule has 3 aromatic rings. The van der Waals surface area contributed by atoms with Crippen molar-refractivity contribution >= 4 is 23.1 Å². The summed E-state index contributed by atoms with van der Waals surface area (Å²) in [6.07, 6.45) is 0. The lowest BCUT2D eigenvalue weighted by Crippen LogP contribution is -2.19. The maximum absolute atomic E-state index is 13.1. The molecule has 0 spiro atoms. The molecule has 1 heterocycles. The van der Waals surface area contributed by atoms with Crippen molar-refractivity contribution in [2.45, 2.75) is 0 Å². The number of hydrogen-bond donors (Lipinski definition) is 1. The zero-order valence-electron chi connectivity index (χ0n) is 15.7. The first-order valence-electron chi connectivity index (χ1n) is 9.12. The van der Waals surface area contributed by atoms with Crippen LogP contribution < -0.4 is 14.8 Å². The number of carbonyl (C=O) groups excluding carboxylic acids is 2. The maximum atomic E-state index is 13.1. The molecule has 0 aliphatic carbocycles. The summed E-state index contributed by atoms with van der Waals surface area (Å²) in [5.41, 5.74) is 0.788. The van der Waals surface area contributed by atoms with Gasteiger partial charge in [0.05, 0.1) is 16.2 Å². The topological polar surface area (TPSA) is 108 Å². The number of ether oxygens (including phenoxy) is 2.